The van der Waals surface area contributed by atoms with Gasteiger partial charge in [0.15, 0.2) is 12.5 Å². The molecule has 1 aromatic carbocycles. The molecule has 3 aromatic rings. The molecule has 2 heteroatoms. The van der Waals surface area contributed by atoms with E-state index in [1.807, 2.05) is 28.9 Å². The molecule has 0 saturated heterocycles. The number of oxazole rings is 1. The topological polar surface area (TPSA) is 17.2 Å². The fraction of sp³-hybridized carbons (Fsp3) is 0. The standard InChI is InChI=1S/C11H8NO/c1-2-4-10-9(3-1)5-6-12-7-8-13-11(10)12/h1-8H/q+1. The highest BCUT2D eigenvalue weighted by molar-refractivity contribution is 5.90. The molecule has 0 radical (unpaired) electrons. The van der Waals surface area contributed by atoms with Crippen LogP contribution in [0.2, 0.25) is 0 Å². The zero-order chi connectivity index (χ0) is 8.67. The number of aromatic nitrogens is 1. The fourth-order valence-corrected chi connectivity index (χ4v) is 1.61. The van der Waals surface area contributed by atoms with Gasteiger partial charge in [-0.3, -0.25) is 0 Å². The van der Waals surface area contributed by atoms with Gasteiger partial charge in [-0.05, 0) is 11.5 Å². The van der Waals surface area contributed by atoms with Gasteiger partial charge in [-0.15, -0.1) is 4.40 Å². The molecule has 3 rings (SSSR count). The van der Waals surface area contributed by atoms with E-state index in [0.29, 0.717) is 0 Å². The normalized spacial score (nSPS) is 11.1. The Labute approximate surface area is 75.0 Å². The maximum absolute atomic E-state index is 5.39. The second-order valence-electron chi connectivity index (χ2n) is 3.02. The lowest BCUT2D eigenvalue weighted by Gasteiger charge is -1.91. The summed E-state index contributed by atoms with van der Waals surface area (Å²) in [5, 5.41) is 2.35. The van der Waals surface area contributed by atoms with Crippen LogP contribution in [0, 0.1) is 0 Å². The lowest BCUT2D eigenvalue weighted by atomic mass is 10.2. The van der Waals surface area contributed by atoms with E-state index in [1.54, 1.807) is 6.26 Å². The first-order chi connectivity index (χ1) is 6.45. The molecule has 0 aliphatic rings. The van der Waals surface area contributed by atoms with Gasteiger partial charge < -0.3 is 4.42 Å². The fourth-order valence-electron chi connectivity index (χ4n) is 1.61. The van der Waals surface area contributed by atoms with Crippen molar-refractivity contribution in [3.8, 4) is 0 Å². The van der Waals surface area contributed by atoms with Crippen molar-refractivity contribution in [3.63, 3.8) is 0 Å². The molecule has 0 spiro atoms. The van der Waals surface area contributed by atoms with Crippen LogP contribution in [0.25, 0.3) is 16.5 Å². The van der Waals surface area contributed by atoms with E-state index in [4.69, 9.17) is 4.42 Å². The Bertz CT molecular complexity index is 568. The van der Waals surface area contributed by atoms with Crippen molar-refractivity contribution in [2.24, 2.45) is 0 Å². The summed E-state index contributed by atoms with van der Waals surface area (Å²) in [6.45, 7) is 0. The van der Waals surface area contributed by atoms with E-state index in [2.05, 4.69) is 18.2 Å². The quantitative estimate of drug-likeness (QED) is 0.472. The molecule has 2 nitrogen and oxygen atoms in total. The summed E-state index contributed by atoms with van der Waals surface area (Å²) in [5.41, 5.74) is 0.901. The second kappa shape index (κ2) is 2.33. The number of hydrogen-bond acceptors (Lipinski definition) is 1. The summed E-state index contributed by atoms with van der Waals surface area (Å²) >= 11 is 0. The third-order valence-corrected chi connectivity index (χ3v) is 2.24. The van der Waals surface area contributed by atoms with E-state index in [1.165, 1.54) is 5.39 Å². The maximum atomic E-state index is 5.39. The zero-order valence-corrected chi connectivity index (χ0v) is 6.97. The SMILES string of the molecule is c1ccc2c(c1)cc[n+]1ccoc21. The number of fused-ring (bicyclic) bond motifs is 3. The summed E-state index contributed by atoms with van der Waals surface area (Å²) in [6, 6.07) is 10.3. The summed E-state index contributed by atoms with van der Waals surface area (Å²) in [6.07, 6.45) is 5.60. The van der Waals surface area contributed by atoms with Crippen LogP contribution in [-0.4, -0.2) is 0 Å². The van der Waals surface area contributed by atoms with E-state index in [0.717, 1.165) is 11.1 Å². The lowest BCUT2D eigenvalue weighted by molar-refractivity contribution is -0.512. The van der Waals surface area contributed by atoms with Gasteiger partial charge in [-0.25, -0.2) is 0 Å². The van der Waals surface area contributed by atoms with Gasteiger partial charge in [0.1, 0.15) is 0 Å². The minimum Gasteiger partial charge on any atom is -0.406 e. The van der Waals surface area contributed by atoms with Gasteiger partial charge in [0.25, 0.3) is 0 Å². The first-order valence-corrected chi connectivity index (χ1v) is 4.21. The number of pyridine rings is 1. The second-order valence-corrected chi connectivity index (χ2v) is 3.02. The van der Waals surface area contributed by atoms with Crippen LogP contribution in [0.15, 0.2) is 53.4 Å². The average Bonchev–Trinajstić information content (AvgIpc) is 2.65. The highest BCUT2D eigenvalue weighted by Gasteiger charge is 2.08. The van der Waals surface area contributed by atoms with Crippen molar-refractivity contribution in [1.82, 2.24) is 0 Å². The Hall–Kier alpha value is -1.83. The Morgan fingerprint density at radius 3 is 2.92 bits per heavy atom. The number of rotatable bonds is 0. The van der Waals surface area contributed by atoms with E-state index >= 15 is 0 Å². The number of hydrogen-bond donors (Lipinski definition) is 0. The third kappa shape index (κ3) is 0.855. The Morgan fingerprint density at radius 1 is 1.00 bits per heavy atom. The summed E-state index contributed by atoms with van der Waals surface area (Å²) < 4.78 is 7.37. The highest BCUT2D eigenvalue weighted by Crippen LogP contribution is 2.15. The van der Waals surface area contributed by atoms with Crippen LogP contribution in [-0.2, 0) is 0 Å². The molecule has 62 valence electrons. The highest BCUT2D eigenvalue weighted by atomic mass is 16.3. The van der Waals surface area contributed by atoms with E-state index in [-0.39, 0.29) is 0 Å². The predicted octanol–water partition coefficient (Wildman–Crippen LogP) is 2.17. The van der Waals surface area contributed by atoms with Crippen LogP contribution in [0.3, 0.4) is 0 Å². The molecule has 2 heterocycles. The van der Waals surface area contributed by atoms with Crippen LogP contribution < -0.4 is 4.40 Å². The average molecular weight is 170 g/mol. The summed E-state index contributed by atoms with van der Waals surface area (Å²) in [4.78, 5) is 0. The summed E-state index contributed by atoms with van der Waals surface area (Å²) in [5.74, 6) is 0. The molecule has 0 bridgehead atoms. The van der Waals surface area contributed by atoms with Crippen LogP contribution in [0.4, 0.5) is 0 Å². The molecule has 0 amide bonds. The van der Waals surface area contributed by atoms with Crippen LogP contribution in [0.5, 0.6) is 0 Å². The lowest BCUT2D eigenvalue weighted by Crippen LogP contribution is -2.16. The predicted molar refractivity (Wildman–Crippen MR) is 49.4 cm³/mol. The molecule has 0 aliphatic heterocycles. The van der Waals surface area contributed by atoms with Crippen molar-refractivity contribution < 1.29 is 8.82 Å². The molecule has 0 fully saturated rings. The van der Waals surface area contributed by atoms with Gasteiger partial charge >= 0.3 is 5.71 Å². The van der Waals surface area contributed by atoms with Crippen molar-refractivity contribution in [2.75, 3.05) is 0 Å². The molecule has 0 aliphatic carbocycles. The van der Waals surface area contributed by atoms with Gasteiger partial charge in [-0.1, -0.05) is 18.2 Å². The number of nitrogens with zero attached hydrogens (tertiary/aromatic N) is 1. The molecule has 2 aromatic heterocycles. The van der Waals surface area contributed by atoms with Crippen molar-refractivity contribution in [1.29, 1.82) is 0 Å². The molecule has 13 heavy (non-hydrogen) atoms. The van der Waals surface area contributed by atoms with Gasteiger partial charge in [0, 0.05) is 6.07 Å². The first-order valence-electron chi connectivity index (χ1n) is 4.21. The Morgan fingerprint density at radius 2 is 1.92 bits per heavy atom. The van der Waals surface area contributed by atoms with Gasteiger partial charge in [0.2, 0.25) is 6.20 Å². The zero-order valence-electron chi connectivity index (χ0n) is 6.97. The van der Waals surface area contributed by atoms with Crippen LogP contribution in [0.1, 0.15) is 0 Å². The van der Waals surface area contributed by atoms with Crippen molar-refractivity contribution in [3.05, 3.63) is 49.0 Å². The molecule has 0 unspecified atom stereocenters. The largest absolute Gasteiger partial charge is 0.406 e. The monoisotopic (exact) mass is 170 g/mol. The first kappa shape index (κ1) is 6.66. The van der Waals surface area contributed by atoms with Crippen molar-refractivity contribution in [2.45, 2.75) is 0 Å². The summed E-state index contributed by atoms with van der Waals surface area (Å²) in [7, 11) is 0. The molecular weight excluding hydrogens is 162 g/mol. The van der Waals surface area contributed by atoms with Crippen molar-refractivity contribution >= 4 is 16.5 Å². The van der Waals surface area contributed by atoms with Crippen LogP contribution >= 0.6 is 0 Å². The number of benzene rings is 1. The maximum Gasteiger partial charge on any atom is 0.386 e. The molecule has 0 saturated carbocycles. The van der Waals surface area contributed by atoms with Gasteiger partial charge in [-0.2, -0.15) is 0 Å². The Kier molecular flexibility index (Phi) is 1.19. The van der Waals surface area contributed by atoms with E-state index in [9.17, 15) is 0 Å². The van der Waals surface area contributed by atoms with E-state index < -0.39 is 0 Å². The Balaban J connectivity index is 2.65. The third-order valence-electron chi connectivity index (χ3n) is 2.24. The molecule has 0 N–H and O–H groups in total. The molecule has 0 atom stereocenters. The minimum absolute atomic E-state index is 0.901. The smallest absolute Gasteiger partial charge is 0.386 e. The molecular formula is C11H8NO+. The minimum atomic E-state index is 0.901. The van der Waals surface area contributed by atoms with Gasteiger partial charge in [0.05, 0.1) is 5.39 Å².